The number of ether oxygens (including phenoxy) is 1. The molecule has 0 bridgehead atoms. The van der Waals surface area contributed by atoms with Gasteiger partial charge in [-0.05, 0) is 48.4 Å². The summed E-state index contributed by atoms with van der Waals surface area (Å²) in [6.07, 6.45) is -1.00. The summed E-state index contributed by atoms with van der Waals surface area (Å²) < 4.78 is 20.1. The number of nitrogens with zero attached hydrogens (tertiary/aromatic N) is 3. The Hall–Kier alpha value is -3.56. The van der Waals surface area contributed by atoms with E-state index in [-0.39, 0.29) is 37.4 Å². The van der Waals surface area contributed by atoms with E-state index in [2.05, 4.69) is 10.4 Å². The molecule has 1 fully saturated rings. The van der Waals surface area contributed by atoms with Crippen molar-refractivity contribution in [3.8, 4) is 0 Å². The minimum Gasteiger partial charge on any atom is -0.386 e. The van der Waals surface area contributed by atoms with Crippen LogP contribution in [-0.2, 0) is 23.1 Å². The summed E-state index contributed by atoms with van der Waals surface area (Å²) in [4.78, 5) is 26.6. The lowest BCUT2D eigenvalue weighted by Crippen LogP contribution is -2.51. The molecule has 2 N–H and O–H groups in total. The van der Waals surface area contributed by atoms with E-state index in [9.17, 15) is 19.1 Å². The van der Waals surface area contributed by atoms with Crippen molar-refractivity contribution in [2.45, 2.75) is 25.6 Å². The van der Waals surface area contributed by atoms with E-state index in [0.29, 0.717) is 16.9 Å². The predicted molar refractivity (Wildman–Crippen MR) is 119 cm³/mol. The first-order valence-corrected chi connectivity index (χ1v) is 10.5. The Kier molecular flexibility index (Phi) is 6.52. The number of hydrogen-bond donors (Lipinski definition) is 2. The number of halogens is 1. The van der Waals surface area contributed by atoms with Crippen LogP contribution in [0.2, 0.25) is 0 Å². The van der Waals surface area contributed by atoms with Gasteiger partial charge in [-0.3, -0.25) is 14.3 Å². The van der Waals surface area contributed by atoms with Gasteiger partial charge in [0.25, 0.3) is 5.91 Å². The van der Waals surface area contributed by atoms with Gasteiger partial charge in [-0.1, -0.05) is 24.3 Å². The number of aliphatic hydroxyl groups is 1. The summed E-state index contributed by atoms with van der Waals surface area (Å²) in [5, 5.41) is 18.0. The van der Waals surface area contributed by atoms with Gasteiger partial charge in [0.2, 0.25) is 5.91 Å². The fraction of sp³-hybridized carbons (Fsp3) is 0.292. The van der Waals surface area contributed by atoms with Crippen LogP contribution in [0.5, 0.6) is 0 Å². The van der Waals surface area contributed by atoms with Crippen LogP contribution in [0.25, 0.3) is 0 Å². The van der Waals surface area contributed by atoms with E-state index >= 15 is 0 Å². The number of carbonyl (C=O) groups is 2. The molecule has 1 saturated heterocycles. The molecule has 0 aliphatic carbocycles. The molecule has 0 spiro atoms. The SMILES string of the molecule is Cc1cc(C(=O)Nc2ccc(C(O)C3COCC(=O)N3Cc3ccc(F)cc3)cc2)n(C)n1. The number of aromatic nitrogens is 2. The van der Waals surface area contributed by atoms with Gasteiger partial charge in [0.1, 0.15) is 24.2 Å². The fourth-order valence-electron chi connectivity index (χ4n) is 3.88. The van der Waals surface area contributed by atoms with Crippen LogP contribution in [-0.4, -0.2) is 50.9 Å². The number of hydrogen-bond acceptors (Lipinski definition) is 5. The molecule has 8 nitrogen and oxygen atoms in total. The van der Waals surface area contributed by atoms with E-state index in [4.69, 9.17) is 4.74 Å². The molecule has 2 unspecified atom stereocenters. The van der Waals surface area contributed by atoms with Crippen LogP contribution >= 0.6 is 0 Å². The highest BCUT2D eigenvalue weighted by atomic mass is 19.1. The standard InChI is InChI=1S/C24H25FN4O4/c1-15-11-20(28(2)27-15)24(32)26-19-9-5-17(6-10-19)23(31)21-13-33-14-22(30)29(21)12-16-3-7-18(25)8-4-16/h3-11,21,23,31H,12-14H2,1-2H3,(H,26,32). The Balaban J connectivity index is 1.47. The zero-order chi connectivity index (χ0) is 23.5. The van der Waals surface area contributed by atoms with Crippen LogP contribution < -0.4 is 5.32 Å². The first-order chi connectivity index (χ1) is 15.8. The van der Waals surface area contributed by atoms with E-state index in [1.807, 2.05) is 6.92 Å². The van der Waals surface area contributed by atoms with Gasteiger partial charge >= 0.3 is 0 Å². The number of benzene rings is 2. The van der Waals surface area contributed by atoms with Gasteiger partial charge in [0, 0.05) is 19.3 Å². The molecule has 3 aromatic rings. The molecule has 33 heavy (non-hydrogen) atoms. The van der Waals surface area contributed by atoms with E-state index < -0.39 is 12.1 Å². The summed E-state index contributed by atoms with van der Waals surface area (Å²) in [5.74, 6) is -0.887. The van der Waals surface area contributed by atoms with Crippen molar-refractivity contribution in [2.24, 2.45) is 7.05 Å². The highest BCUT2D eigenvalue weighted by Gasteiger charge is 2.34. The maximum atomic E-state index is 13.2. The highest BCUT2D eigenvalue weighted by Crippen LogP contribution is 2.27. The number of rotatable bonds is 6. The minimum atomic E-state index is -1.00. The largest absolute Gasteiger partial charge is 0.386 e. The third-order valence-corrected chi connectivity index (χ3v) is 5.61. The summed E-state index contributed by atoms with van der Waals surface area (Å²) >= 11 is 0. The molecule has 0 radical (unpaired) electrons. The molecule has 1 aromatic heterocycles. The van der Waals surface area contributed by atoms with E-state index in [1.165, 1.54) is 16.8 Å². The highest BCUT2D eigenvalue weighted by molar-refractivity contribution is 6.03. The maximum absolute atomic E-state index is 13.2. The average Bonchev–Trinajstić information content (AvgIpc) is 3.14. The van der Waals surface area contributed by atoms with E-state index in [0.717, 1.165) is 11.3 Å². The van der Waals surface area contributed by atoms with Gasteiger partial charge in [0.05, 0.1) is 18.3 Å². The third-order valence-electron chi connectivity index (χ3n) is 5.61. The number of morpholine rings is 1. The van der Waals surface area contributed by atoms with Crippen LogP contribution in [0.3, 0.4) is 0 Å². The summed E-state index contributed by atoms with van der Waals surface area (Å²) in [7, 11) is 1.70. The lowest BCUT2D eigenvalue weighted by Gasteiger charge is -2.38. The van der Waals surface area contributed by atoms with Crippen molar-refractivity contribution < 1.29 is 23.8 Å². The number of nitrogens with one attached hydrogen (secondary N) is 1. The zero-order valence-electron chi connectivity index (χ0n) is 18.4. The number of aryl methyl sites for hydroxylation is 2. The second kappa shape index (κ2) is 9.51. The van der Waals surface area contributed by atoms with Crippen molar-refractivity contribution in [2.75, 3.05) is 18.5 Å². The Labute approximate surface area is 190 Å². The summed E-state index contributed by atoms with van der Waals surface area (Å²) in [6, 6.07) is 13.8. The lowest BCUT2D eigenvalue weighted by atomic mass is 9.99. The van der Waals surface area contributed by atoms with Crippen molar-refractivity contribution in [3.05, 3.63) is 82.9 Å². The number of aliphatic hydroxyl groups excluding tert-OH is 1. The molecule has 2 aromatic carbocycles. The van der Waals surface area contributed by atoms with Gasteiger partial charge < -0.3 is 20.1 Å². The Morgan fingerprint density at radius 2 is 1.94 bits per heavy atom. The second-order valence-electron chi connectivity index (χ2n) is 8.05. The zero-order valence-corrected chi connectivity index (χ0v) is 18.4. The first-order valence-electron chi connectivity index (χ1n) is 10.5. The Bertz CT molecular complexity index is 1140. The maximum Gasteiger partial charge on any atom is 0.273 e. The van der Waals surface area contributed by atoms with Crippen LogP contribution in [0.4, 0.5) is 10.1 Å². The molecule has 2 heterocycles. The molecular weight excluding hydrogens is 427 g/mol. The monoisotopic (exact) mass is 452 g/mol. The molecule has 2 atom stereocenters. The molecule has 0 saturated carbocycles. The summed E-state index contributed by atoms with van der Waals surface area (Å²) in [6.45, 7) is 2.16. The molecule has 172 valence electrons. The third kappa shape index (κ3) is 5.10. The van der Waals surface area contributed by atoms with Crippen molar-refractivity contribution in [1.82, 2.24) is 14.7 Å². The molecular formula is C24H25FN4O4. The topological polar surface area (TPSA) is 96.7 Å². The molecule has 2 amide bonds. The van der Waals surface area contributed by atoms with Crippen molar-refractivity contribution in [3.63, 3.8) is 0 Å². The number of amides is 2. The van der Waals surface area contributed by atoms with Crippen LogP contribution in [0.15, 0.2) is 54.6 Å². The minimum absolute atomic E-state index is 0.0666. The number of carbonyl (C=O) groups excluding carboxylic acids is 2. The Morgan fingerprint density at radius 1 is 1.24 bits per heavy atom. The second-order valence-corrected chi connectivity index (χ2v) is 8.05. The van der Waals surface area contributed by atoms with Crippen LogP contribution in [0.1, 0.15) is 33.4 Å². The Morgan fingerprint density at radius 3 is 2.58 bits per heavy atom. The molecule has 9 heteroatoms. The van der Waals surface area contributed by atoms with Gasteiger partial charge in [-0.2, -0.15) is 5.10 Å². The number of anilines is 1. The molecule has 1 aliphatic heterocycles. The average molecular weight is 452 g/mol. The van der Waals surface area contributed by atoms with Gasteiger partial charge in [-0.15, -0.1) is 0 Å². The van der Waals surface area contributed by atoms with Crippen LogP contribution in [0, 0.1) is 12.7 Å². The molecule has 4 rings (SSSR count). The lowest BCUT2D eigenvalue weighted by molar-refractivity contribution is -0.155. The van der Waals surface area contributed by atoms with E-state index in [1.54, 1.807) is 54.4 Å². The predicted octanol–water partition coefficient (Wildman–Crippen LogP) is 2.58. The normalized spacial score (nSPS) is 17.2. The van der Waals surface area contributed by atoms with Gasteiger partial charge in [0.15, 0.2) is 0 Å². The smallest absolute Gasteiger partial charge is 0.273 e. The fourth-order valence-corrected chi connectivity index (χ4v) is 3.88. The van der Waals surface area contributed by atoms with Gasteiger partial charge in [-0.25, -0.2) is 4.39 Å². The van der Waals surface area contributed by atoms with Crippen molar-refractivity contribution >= 4 is 17.5 Å². The molecule has 1 aliphatic rings. The summed E-state index contributed by atoms with van der Waals surface area (Å²) in [5.41, 5.74) is 3.08. The quantitative estimate of drug-likeness (QED) is 0.599. The first kappa shape index (κ1) is 22.6. The van der Waals surface area contributed by atoms with Crippen molar-refractivity contribution in [1.29, 1.82) is 0 Å².